The van der Waals surface area contributed by atoms with E-state index < -0.39 is 0 Å². The lowest BCUT2D eigenvalue weighted by atomic mass is 10.2. The van der Waals surface area contributed by atoms with E-state index in [2.05, 4.69) is 22.2 Å². The van der Waals surface area contributed by atoms with Gasteiger partial charge in [-0.1, -0.05) is 18.2 Å². The van der Waals surface area contributed by atoms with Crippen molar-refractivity contribution in [3.05, 3.63) is 42.5 Å². The summed E-state index contributed by atoms with van der Waals surface area (Å²) in [7, 11) is 0. The standard InChI is InChI=1S/C13H19N3O/c1-3-9-15-13(14-4-2)16-10-11-5-7-12(17)8-6-11/h3,5-8,17H,1,4,9-10H2,2H3,(H2,14,15,16). The second kappa shape index (κ2) is 7.33. The van der Waals surface area contributed by atoms with Crippen LogP contribution in [0.3, 0.4) is 0 Å². The van der Waals surface area contributed by atoms with Crippen LogP contribution in [-0.2, 0) is 6.54 Å². The van der Waals surface area contributed by atoms with Gasteiger partial charge in [-0.25, -0.2) is 4.99 Å². The predicted octanol–water partition coefficient (Wildman–Crippen LogP) is 1.63. The van der Waals surface area contributed by atoms with Crippen molar-refractivity contribution in [1.29, 1.82) is 0 Å². The van der Waals surface area contributed by atoms with Gasteiger partial charge in [0, 0.05) is 13.1 Å². The van der Waals surface area contributed by atoms with Gasteiger partial charge in [0.05, 0.1) is 6.54 Å². The van der Waals surface area contributed by atoms with Crippen molar-refractivity contribution < 1.29 is 5.11 Å². The zero-order valence-electron chi connectivity index (χ0n) is 10.1. The average Bonchev–Trinajstić information content (AvgIpc) is 2.35. The summed E-state index contributed by atoms with van der Waals surface area (Å²) in [6.07, 6.45) is 1.79. The highest BCUT2D eigenvalue weighted by atomic mass is 16.3. The number of aromatic hydroxyl groups is 1. The number of nitrogens with one attached hydrogen (secondary N) is 2. The molecule has 0 spiro atoms. The van der Waals surface area contributed by atoms with Crippen LogP contribution in [0.4, 0.5) is 0 Å². The topological polar surface area (TPSA) is 56.7 Å². The summed E-state index contributed by atoms with van der Waals surface area (Å²) in [5, 5.41) is 15.4. The molecule has 0 radical (unpaired) electrons. The zero-order valence-corrected chi connectivity index (χ0v) is 10.1. The van der Waals surface area contributed by atoms with Crippen molar-refractivity contribution in [2.75, 3.05) is 13.1 Å². The molecule has 4 heteroatoms. The predicted molar refractivity (Wildman–Crippen MR) is 71.1 cm³/mol. The molecule has 1 aromatic rings. The molecule has 0 unspecified atom stereocenters. The van der Waals surface area contributed by atoms with Gasteiger partial charge in [0.1, 0.15) is 5.75 Å². The van der Waals surface area contributed by atoms with Crippen LogP contribution in [0, 0.1) is 0 Å². The summed E-state index contributed by atoms with van der Waals surface area (Å²) in [6.45, 7) is 7.74. The molecule has 0 saturated carbocycles. The smallest absolute Gasteiger partial charge is 0.191 e. The second-order valence-electron chi connectivity index (χ2n) is 3.53. The van der Waals surface area contributed by atoms with Gasteiger partial charge in [0.2, 0.25) is 0 Å². The lowest BCUT2D eigenvalue weighted by molar-refractivity contribution is 0.475. The molecule has 0 aliphatic rings. The van der Waals surface area contributed by atoms with Gasteiger partial charge in [0.15, 0.2) is 5.96 Å². The minimum Gasteiger partial charge on any atom is -0.508 e. The highest BCUT2D eigenvalue weighted by Gasteiger charge is 1.96. The lowest BCUT2D eigenvalue weighted by Gasteiger charge is -2.09. The van der Waals surface area contributed by atoms with Crippen LogP contribution in [0.25, 0.3) is 0 Å². The maximum Gasteiger partial charge on any atom is 0.191 e. The molecular formula is C13H19N3O. The molecule has 92 valence electrons. The summed E-state index contributed by atoms with van der Waals surface area (Å²) in [6, 6.07) is 7.04. The third-order valence-corrected chi connectivity index (χ3v) is 2.11. The SMILES string of the molecule is C=CCNC(=NCc1ccc(O)cc1)NCC. The first kappa shape index (κ1) is 13.1. The number of guanidine groups is 1. The van der Waals surface area contributed by atoms with Crippen LogP contribution in [0.2, 0.25) is 0 Å². The number of rotatable bonds is 5. The van der Waals surface area contributed by atoms with E-state index in [4.69, 9.17) is 5.11 Å². The van der Waals surface area contributed by atoms with E-state index in [1.807, 2.05) is 19.1 Å². The molecule has 4 nitrogen and oxygen atoms in total. The first-order valence-electron chi connectivity index (χ1n) is 5.67. The second-order valence-corrected chi connectivity index (χ2v) is 3.53. The van der Waals surface area contributed by atoms with Crippen LogP contribution in [0.5, 0.6) is 5.75 Å². The molecule has 1 aromatic carbocycles. The molecule has 1 rings (SSSR count). The molecule has 17 heavy (non-hydrogen) atoms. The molecule has 0 heterocycles. The fourth-order valence-electron chi connectivity index (χ4n) is 1.28. The summed E-state index contributed by atoms with van der Waals surface area (Å²) >= 11 is 0. The van der Waals surface area contributed by atoms with Gasteiger partial charge in [-0.15, -0.1) is 6.58 Å². The van der Waals surface area contributed by atoms with Gasteiger partial charge in [0.25, 0.3) is 0 Å². The van der Waals surface area contributed by atoms with Crippen LogP contribution in [-0.4, -0.2) is 24.2 Å². The van der Waals surface area contributed by atoms with Crippen molar-refractivity contribution >= 4 is 5.96 Å². The van der Waals surface area contributed by atoms with Gasteiger partial charge in [-0.05, 0) is 24.6 Å². The Balaban J connectivity index is 2.57. The number of aliphatic imine (C=N–C) groups is 1. The van der Waals surface area contributed by atoms with Gasteiger partial charge in [-0.2, -0.15) is 0 Å². The van der Waals surface area contributed by atoms with Crippen molar-refractivity contribution in [3.8, 4) is 5.75 Å². The Morgan fingerprint density at radius 3 is 2.65 bits per heavy atom. The molecule has 0 aliphatic carbocycles. The van der Waals surface area contributed by atoms with Crippen LogP contribution >= 0.6 is 0 Å². The minimum atomic E-state index is 0.273. The zero-order chi connectivity index (χ0) is 12.5. The summed E-state index contributed by atoms with van der Waals surface area (Å²) in [5.74, 6) is 1.04. The molecule has 3 N–H and O–H groups in total. The van der Waals surface area contributed by atoms with Gasteiger partial charge in [-0.3, -0.25) is 0 Å². The Morgan fingerprint density at radius 1 is 1.35 bits per heavy atom. The van der Waals surface area contributed by atoms with Crippen LogP contribution in [0.15, 0.2) is 41.9 Å². The highest BCUT2D eigenvalue weighted by molar-refractivity contribution is 5.79. The van der Waals surface area contributed by atoms with Crippen molar-refractivity contribution in [3.63, 3.8) is 0 Å². The quantitative estimate of drug-likeness (QED) is 0.411. The molecule has 0 aromatic heterocycles. The fraction of sp³-hybridized carbons (Fsp3) is 0.308. The third kappa shape index (κ3) is 5.06. The number of hydrogen-bond donors (Lipinski definition) is 3. The van der Waals surface area contributed by atoms with E-state index in [9.17, 15) is 0 Å². The number of phenols is 1. The summed E-state index contributed by atoms with van der Waals surface area (Å²) in [5.41, 5.74) is 1.05. The number of benzene rings is 1. The van der Waals surface area contributed by atoms with Gasteiger partial charge >= 0.3 is 0 Å². The molecule has 0 atom stereocenters. The van der Waals surface area contributed by atoms with E-state index in [1.165, 1.54) is 0 Å². The first-order chi connectivity index (χ1) is 8.26. The van der Waals surface area contributed by atoms with E-state index in [1.54, 1.807) is 18.2 Å². The molecule has 0 bridgehead atoms. The Morgan fingerprint density at radius 2 is 2.06 bits per heavy atom. The third-order valence-electron chi connectivity index (χ3n) is 2.11. The summed E-state index contributed by atoms with van der Waals surface area (Å²) < 4.78 is 0. The normalized spacial score (nSPS) is 11.0. The summed E-state index contributed by atoms with van der Waals surface area (Å²) in [4.78, 5) is 4.42. The fourth-order valence-corrected chi connectivity index (χ4v) is 1.28. The maximum absolute atomic E-state index is 9.16. The molecule has 0 fully saturated rings. The molecule has 0 aliphatic heterocycles. The van der Waals surface area contributed by atoms with Crippen molar-refractivity contribution in [2.24, 2.45) is 4.99 Å². The van der Waals surface area contributed by atoms with Crippen molar-refractivity contribution in [2.45, 2.75) is 13.5 Å². The first-order valence-corrected chi connectivity index (χ1v) is 5.67. The van der Waals surface area contributed by atoms with E-state index in [-0.39, 0.29) is 5.75 Å². The Hall–Kier alpha value is -1.97. The van der Waals surface area contributed by atoms with Crippen LogP contribution < -0.4 is 10.6 Å². The van der Waals surface area contributed by atoms with Crippen molar-refractivity contribution in [1.82, 2.24) is 10.6 Å². The van der Waals surface area contributed by atoms with Gasteiger partial charge < -0.3 is 15.7 Å². The highest BCUT2D eigenvalue weighted by Crippen LogP contribution is 2.10. The molecule has 0 saturated heterocycles. The van der Waals surface area contributed by atoms with E-state index >= 15 is 0 Å². The van der Waals surface area contributed by atoms with Crippen LogP contribution in [0.1, 0.15) is 12.5 Å². The number of phenolic OH excluding ortho intramolecular Hbond substituents is 1. The van der Waals surface area contributed by atoms with E-state index in [0.717, 1.165) is 18.1 Å². The number of nitrogens with zero attached hydrogens (tertiary/aromatic N) is 1. The number of hydrogen-bond acceptors (Lipinski definition) is 2. The Bertz CT molecular complexity index is 371. The maximum atomic E-state index is 9.16. The monoisotopic (exact) mass is 233 g/mol. The Labute approximate surface area is 102 Å². The largest absolute Gasteiger partial charge is 0.508 e. The minimum absolute atomic E-state index is 0.273. The molecular weight excluding hydrogens is 214 g/mol. The van der Waals surface area contributed by atoms with E-state index in [0.29, 0.717) is 13.1 Å². The lowest BCUT2D eigenvalue weighted by Crippen LogP contribution is -2.37. The molecule has 0 amide bonds. The average molecular weight is 233 g/mol. The Kier molecular flexibility index (Phi) is 5.64.